The van der Waals surface area contributed by atoms with E-state index < -0.39 is 0 Å². The molecule has 15 heavy (non-hydrogen) atoms. The molecule has 1 aliphatic rings. The Kier molecular flexibility index (Phi) is 4.68. The maximum Gasteiger partial charge on any atom is 0.317 e. The van der Waals surface area contributed by atoms with Gasteiger partial charge in [0, 0.05) is 32.7 Å². The van der Waals surface area contributed by atoms with Crippen molar-refractivity contribution >= 4 is 23.5 Å². The monoisotopic (exact) mass is 233 g/mol. The molecule has 0 aliphatic carbocycles. The molecule has 0 atom stereocenters. The number of urea groups is 1. The van der Waals surface area contributed by atoms with Crippen LogP contribution in [0.5, 0.6) is 0 Å². The smallest absolute Gasteiger partial charge is 0.317 e. The van der Waals surface area contributed by atoms with Gasteiger partial charge >= 0.3 is 6.03 Å². The van der Waals surface area contributed by atoms with Gasteiger partial charge in [0.15, 0.2) is 0 Å². The summed E-state index contributed by atoms with van der Waals surface area (Å²) in [6, 6.07) is -0.0597. The van der Waals surface area contributed by atoms with Crippen molar-refractivity contribution in [1.29, 1.82) is 0 Å². The minimum Gasteiger partial charge on any atom is -0.338 e. The number of nitrogens with one attached hydrogen (secondary N) is 1. The fourth-order valence-corrected chi connectivity index (χ4v) is 1.68. The molecule has 1 rings (SSSR count). The lowest BCUT2D eigenvalue weighted by molar-refractivity contribution is -0.129. The Labute approximate surface area is 94.3 Å². The van der Waals surface area contributed by atoms with Crippen LogP contribution in [-0.2, 0) is 4.79 Å². The molecule has 6 heteroatoms. The van der Waals surface area contributed by atoms with Gasteiger partial charge in [-0.2, -0.15) is 0 Å². The summed E-state index contributed by atoms with van der Waals surface area (Å²) in [5, 5.41) is 2.73. The average Bonchev–Trinajstić information content (AvgIpc) is 2.28. The molecular formula is C9H16ClN3O2. The van der Waals surface area contributed by atoms with Crippen LogP contribution in [0.3, 0.4) is 0 Å². The summed E-state index contributed by atoms with van der Waals surface area (Å²) in [6.07, 6.45) is 0. The summed E-state index contributed by atoms with van der Waals surface area (Å²) in [5.41, 5.74) is 0. The topological polar surface area (TPSA) is 52.7 Å². The summed E-state index contributed by atoms with van der Waals surface area (Å²) in [5.74, 6) is -0.0477. The van der Waals surface area contributed by atoms with Crippen LogP contribution in [-0.4, -0.2) is 60.3 Å². The van der Waals surface area contributed by atoms with Gasteiger partial charge < -0.3 is 15.1 Å². The number of hydrogen-bond acceptors (Lipinski definition) is 2. The maximum atomic E-state index is 11.4. The van der Waals surface area contributed by atoms with E-state index in [0.717, 1.165) is 0 Å². The summed E-state index contributed by atoms with van der Waals surface area (Å²) < 4.78 is 0. The molecule has 86 valence electrons. The number of alkyl halides is 1. The van der Waals surface area contributed by atoms with Crippen molar-refractivity contribution in [1.82, 2.24) is 15.1 Å². The van der Waals surface area contributed by atoms with Crippen LogP contribution in [0.15, 0.2) is 0 Å². The predicted molar refractivity (Wildman–Crippen MR) is 57.9 cm³/mol. The summed E-state index contributed by atoms with van der Waals surface area (Å²) in [4.78, 5) is 26.1. The Balaban J connectivity index is 2.35. The highest BCUT2D eigenvalue weighted by Gasteiger charge is 2.22. The normalized spacial score (nSPS) is 16.4. The van der Waals surface area contributed by atoms with Crippen LogP contribution in [0, 0.1) is 0 Å². The van der Waals surface area contributed by atoms with E-state index in [1.165, 1.54) is 0 Å². The van der Waals surface area contributed by atoms with Crippen LogP contribution in [0.2, 0.25) is 0 Å². The highest BCUT2D eigenvalue weighted by molar-refractivity contribution is 6.27. The molecule has 1 heterocycles. The zero-order valence-corrected chi connectivity index (χ0v) is 9.59. The lowest BCUT2D eigenvalue weighted by Crippen LogP contribution is -2.53. The van der Waals surface area contributed by atoms with Gasteiger partial charge in [-0.15, -0.1) is 11.6 Å². The molecule has 0 spiro atoms. The number of nitrogens with zero attached hydrogens (tertiary/aromatic N) is 2. The van der Waals surface area contributed by atoms with E-state index >= 15 is 0 Å². The molecule has 0 aromatic heterocycles. The van der Waals surface area contributed by atoms with Gasteiger partial charge in [0.1, 0.15) is 5.88 Å². The highest BCUT2D eigenvalue weighted by Crippen LogP contribution is 2.03. The highest BCUT2D eigenvalue weighted by atomic mass is 35.5. The van der Waals surface area contributed by atoms with E-state index in [1.54, 1.807) is 9.80 Å². The van der Waals surface area contributed by atoms with E-state index in [2.05, 4.69) is 5.32 Å². The lowest BCUT2D eigenvalue weighted by Gasteiger charge is -2.34. The van der Waals surface area contributed by atoms with Crippen molar-refractivity contribution in [2.45, 2.75) is 6.92 Å². The Hall–Kier alpha value is -0.970. The number of amides is 3. The van der Waals surface area contributed by atoms with Crippen molar-refractivity contribution in [3.8, 4) is 0 Å². The molecule has 3 amide bonds. The second-order valence-electron chi connectivity index (χ2n) is 3.34. The van der Waals surface area contributed by atoms with Gasteiger partial charge in [-0.3, -0.25) is 4.79 Å². The van der Waals surface area contributed by atoms with Crippen molar-refractivity contribution in [2.24, 2.45) is 0 Å². The van der Waals surface area contributed by atoms with Crippen LogP contribution in [0.1, 0.15) is 6.92 Å². The fourth-order valence-electron chi connectivity index (χ4n) is 1.51. The number of rotatable bonds is 2. The molecule has 1 N–H and O–H groups in total. The molecule has 5 nitrogen and oxygen atoms in total. The minimum absolute atomic E-state index is 0.0150. The lowest BCUT2D eigenvalue weighted by atomic mass is 10.3. The number of halogens is 1. The largest absolute Gasteiger partial charge is 0.338 e. The van der Waals surface area contributed by atoms with Crippen molar-refractivity contribution in [3.05, 3.63) is 0 Å². The van der Waals surface area contributed by atoms with Crippen LogP contribution in [0.4, 0.5) is 4.79 Å². The fraction of sp³-hybridized carbons (Fsp3) is 0.778. The van der Waals surface area contributed by atoms with Crippen LogP contribution in [0.25, 0.3) is 0 Å². The SMILES string of the molecule is CCNC(=O)N1CCN(C(=O)CCl)CC1. The van der Waals surface area contributed by atoms with Gasteiger partial charge in [-0.25, -0.2) is 4.79 Å². The minimum atomic E-state index is -0.0628. The van der Waals surface area contributed by atoms with Gasteiger partial charge in [0.05, 0.1) is 0 Å². The first-order chi connectivity index (χ1) is 7.19. The number of carbonyl (C=O) groups is 2. The van der Waals surface area contributed by atoms with E-state index in [1.807, 2.05) is 6.92 Å². The second kappa shape index (κ2) is 5.80. The molecule has 0 saturated carbocycles. The summed E-state index contributed by atoms with van der Waals surface area (Å²) in [7, 11) is 0. The van der Waals surface area contributed by atoms with Crippen LogP contribution >= 0.6 is 11.6 Å². The third-order valence-corrected chi connectivity index (χ3v) is 2.59. The average molecular weight is 234 g/mol. The third kappa shape index (κ3) is 3.27. The number of hydrogen-bond donors (Lipinski definition) is 1. The predicted octanol–water partition coefficient (Wildman–Crippen LogP) is 0.0989. The first kappa shape index (κ1) is 12.1. The Morgan fingerprint density at radius 3 is 2.20 bits per heavy atom. The van der Waals surface area contributed by atoms with Gasteiger partial charge in [0.2, 0.25) is 5.91 Å². The molecule has 1 fully saturated rings. The van der Waals surface area contributed by atoms with Gasteiger partial charge in [-0.1, -0.05) is 0 Å². The van der Waals surface area contributed by atoms with E-state index in [9.17, 15) is 9.59 Å². The molecule has 0 unspecified atom stereocenters. The first-order valence-corrected chi connectivity index (χ1v) is 5.59. The summed E-state index contributed by atoms with van der Waals surface area (Å²) >= 11 is 5.45. The Morgan fingerprint density at radius 1 is 1.20 bits per heavy atom. The molecule has 0 aromatic rings. The number of piperazine rings is 1. The Bertz CT molecular complexity index is 240. The molecule has 0 bridgehead atoms. The van der Waals surface area contributed by atoms with Gasteiger partial charge in [-0.05, 0) is 6.92 Å². The quantitative estimate of drug-likeness (QED) is 0.688. The van der Waals surface area contributed by atoms with E-state index in [0.29, 0.717) is 32.7 Å². The maximum absolute atomic E-state index is 11.4. The molecule has 0 radical (unpaired) electrons. The molecule has 1 saturated heterocycles. The van der Waals surface area contributed by atoms with Crippen LogP contribution < -0.4 is 5.32 Å². The van der Waals surface area contributed by atoms with Crippen molar-refractivity contribution < 1.29 is 9.59 Å². The van der Waals surface area contributed by atoms with E-state index in [4.69, 9.17) is 11.6 Å². The first-order valence-electron chi connectivity index (χ1n) is 5.05. The molecule has 0 aromatic carbocycles. The second-order valence-corrected chi connectivity index (χ2v) is 3.60. The zero-order valence-electron chi connectivity index (χ0n) is 8.83. The number of carbonyl (C=O) groups excluding carboxylic acids is 2. The Morgan fingerprint density at radius 2 is 1.73 bits per heavy atom. The van der Waals surface area contributed by atoms with E-state index in [-0.39, 0.29) is 17.8 Å². The van der Waals surface area contributed by atoms with Crippen molar-refractivity contribution in [3.63, 3.8) is 0 Å². The molecule has 1 aliphatic heterocycles. The summed E-state index contributed by atoms with van der Waals surface area (Å²) in [6.45, 7) is 4.80. The van der Waals surface area contributed by atoms with Crippen molar-refractivity contribution in [2.75, 3.05) is 38.6 Å². The third-order valence-electron chi connectivity index (χ3n) is 2.36. The zero-order chi connectivity index (χ0) is 11.3. The van der Waals surface area contributed by atoms with Gasteiger partial charge in [0.25, 0.3) is 0 Å². The molecular weight excluding hydrogens is 218 g/mol. The standard InChI is InChI=1S/C9H16ClN3O2/c1-2-11-9(15)13-5-3-12(4-6-13)8(14)7-10/h2-7H2,1H3,(H,11,15).